The van der Waals surface area contributed by atoms with Crippen molar-refractivity contribution in [3.05, 3.63) is 30.7 Å². The first kappa shape index (κ1) is 24.6. The van der Waals surface area contributed by atoms with Crippen molar-refractivity contribution >= 4 is 23.7 Å². The Morgan fingerprint density at radius 1 is 1.06 bits per heavy atom. The molecular formula is C22H30N4O7. The zero-order valence-corrected chi connectivity index (χ0v) is 18.7. The summed E-state index contributed by atoms with van der Waals surface area (Å²) < 4.78 is 12.1. The lowest BCUT2D eigenvalue weighted by atomic mass is 9.77. The molecule has 2 atom stereocenters. The molecule has 0 bridgehead atoms. The lowest BCUT2D eigenvalue weighted by Gasteiger charge is -2.46. The first-order valence-corrected chi connectivity index (χ1v) is 10.9. The Bertz CT molecular complexity index is 869. The number of amides is 1. The minimum absolute atomic E-state index is 0.241. The molecule has 180 valence electrons. The monoisotopic (exact) mass is 462 g/mol. The van der Waals surface area contributed by atoms with E-state index in [4.69, 9.17) is 29.3 Å². The van der Waals surface area contributed by atoms with E-state index in [-0.39, 0.29) is 11.3 Å². The molecule has 3 aliphatic rings. The molecule has 1 spiro atoms. The maximum Gasteiger partial charge on any atom is 0.414 e. The SMILES string of the molecule is CC1(C(=O)N2CCOC3(COCCN(c4cnccn4)C3)C2)CC=CCC1.O=C(O)C(=O)O. The summed E-state index contributed by atoms with van der Waals surface area (Å²) in [6.07, 6.45) is 12.2. The number of nitrogens with zero attached hydrogens (tertiary/aromatic N) is 4. The summed E-state index contributed by atoms with van der Waals surface area (Å²) in [4.78, 5) is 44.2. The van der Waals surface area contributed by atoms with E-state index in [0.29, 0.717) is 39.5 Å². The van der Waals surface area contributed by atoms with Crippen LogP contribution in [-0.4, -0.2) is 94.5 Å². The van der Waals surface area contributed by atoms with Crippen molar-refractivity contribution in [1.29, 1.82) is 0 Å². The molecule has 11 heteroatoms. The summed E-state index contributed by atoms with van der Waals surface area (Å²) in [7, 11) is 0. The number of carbonyl (C=O) groups excluding carboxylic acids is 1. The molecule has 2 unspecified atom stereocenters. The van der Waals surface area contributed by atoms with Crippen LogP contribution in [-0.2, 0) is 23.9 Å². The van der Waals surface area contributed by atoms with Gasteiger partial charge >= 0.3 is 11.9 Å². The van der Waals surface area contributed by atoms with Crippen LogP contribution in [0.4, 0.5) is 5.82 Å². The summed E-state index contributed by atoms with van der Waals surface area (Å²) in [6, 6.07) is 0. The van der Waals surface area contributed by atoms with Gasteiger partial charge in [0, 0.05) is 25.5 Å². The second-order valence-corrected chi connectivity index (χ2v) is 8.68. The molecule has 0 saturated carbocycles. The van der Waals surface area contributed by atoms with E-state index in [1.54, 1.807) is 18.6 Å². The third-order valence-electron chi connectivity index (χ3n) is 6.06. The fourth-order valence-electron chi connectivity index (χ4n) is 4.30. The van der Waals surface area contributed by atoms with Crippen molar-refractivity contribution in [3.63, 3.8) is 0 Å². The number of allylic oxidation sites excluding steroid dienone is 2. The van der Waals surface area contributed by atoms with E-state index in [0.717, 1.165) is 31.6 Å². The van der Waals surface area contributed by atoms with Crippen molar-refractivity contribution in [2.24, 2.45) is 5.41 Å². The lowest BCUT2D eigenvalue weighted by molar-refractivity contribution is -0.165. The van der Waals surface area contributed by atoms with Crippen LogP contribution in [0.3, 0.4) is 0 Å². The second-order valence-electron chi connectivity index (χ2n) is 8.68. The molecule has 2 fully saturated rings. The molecule has 1 aliphatic carbocycles. The van der Waals surface area contributed by atoms with Crippen molar-refractivity contribution < 1.29 is 34.1 Å². The van der Waals surface area contributed by atoms with Crippen LogP contribution in [0.2, 0.25) is 0 Å². The van der Waals surface area contributed by atoms with Gasteiger partial charge in [-0.3, -0.25) is 9.78 Å². The van der Waals surface area contributed by atoms with Gasteiger partial charge in [-0.05, 0) is 19.3 Å². The molecule has 1 aromatic heterocycles. The zero-order valence-electron chi connectivity index (χ0n) is 18.7. The number of carboxylic acids is 2. The number of anilines is 1. The second kappa shape index (κ2) is 10.7. The smallest absolute Gasteiger partial charge is 0.414 e. The summed E-state index contributed by atoms with van der Waals surface area (Å²) in [5.74, 6) is -2.59. The molecule has 1 amide bonds. The van der Waals surface area contributed by atoms with Gasteiger partial charge in [-0.2, -0.15) is 0 Å². The van der Waals surface area contributed by atoms with Crippen molar-refractivity contribution in [3.8, 4) is 0 Å². The van der Waals surface area contributed by atoms with Crippen molar-refractivity contribution in [2.45, 2.75) is 31.8 Å². The van der Waals surface area contributed by atoms with E-state index >= 15 is 0 Å². The summed E-state index contributed by atoms with van der Waals surface area (Å²) in [5, 5.41) is 14.8. The van der Waals surface area contributed by atoms with Gasteiger partial charge in [0.05, 0.1) is 44.5 Å². The van der Waals surface area contributed by atoms with Gasteiger partial charge < -0.3 is 29.5 Å². The van der Waals surface area contributed by atoms with Gasteiger partial charge in [0.15, 0.2) is 0 Å². The number of carboxylic acid groups (broad SMARTS) is 2. The summed E-state index contributed by atoms with van der Waals surface area (Å²) in [6.45, 7) is 6.31. The molecule has 2 N–H and O–H groups in total. The highest BCUT2D eigenvalue weighted by Crippen LogP contribution is 2.36. The average molecular weight is 463 g/mol. The predicted octanol–water partition coefficient (Wildman–Crippen LogP) is 0.813. The molecule has 33 heavy (non-hydrogen) atoms. The van der Waals surface area contributed by atoms with E-state index in [1.807, 2.05) is 4.90 Å². The molecule has 0 radical (unpaired) electrons. The number of hydrogen-bond acceptors (Lipinski definition) is 8. The highest BCUT2D eigenvalue weighted by atomic mass is 16.5. The van der Waals surface area contributed by atoms with Crippen LogP contribution in [0.25, 0.3) is 0 Å². The zero-order chi connectivity index (χ0) is 23.9. The van der Waals surface area contributed by atoms with Gasteiger partial charge in [-0.15, -0.1) is 0 Å². The molecule has 3 heterocycles. The third-order valence-corrected chi connectivity index (χ3v) is 6.06. The summed E-state index contributed by atoms with van der Waals surface area (Å²) in [5.41, 5.74) is -0.827. The van der Waals surface area contributed by atoms with E-state index in [2.05, 4.69) is 33.9 Å². The van der Waals surface area contributed by atoms with Gasteiger partial charge in [0.1, 0.15) is 11.4 Å². The van der Waals surface area contributed by atoms with E-state index in [9.17, 15) is 4.79 Å². The quantitative estimate of drug-likeness (QED) is 0.479. The Kier molecular flexibility index (Phi) is 7.98. The highest BCUT2D eigenvalue weighted by molar-refractivity contribution is 6.27. The van der Waals surface area contributed by atoms with E-state index in [1.165, 1.54) is 0 Å². The fraction of sp³-hybridized carbons (Fsp3) is 0.591. The highest BCUT2D eigenvalue weighted by Gasteiger charge is 2.45. The maximum absolute atomic E-state index is 13.3. The molecule has 0 aromatic carbocycles. The van der Waals surface area contributed by atoms with E-state index < -0.39 is 17.5 Å². The first-order valence-electron chi connectivity index (χ1n) is 10.9. The third kappa shape index (κ3) is 6.26. The topological polar surface area (TPSA) is 142 Å². The predicted molar refractivity (Wildman–Crippen MR) is 117 cm³/mol. The number of rotatable bonds is 2. The van der Waals surface area contributed by atoms with Gasteiger partial charge in [-0.25, -0.2) is 14.6 Å². The van der Waals surface area contributed by atoms with Gasteiger partial charge in [0.2, 0.25) is 5.91 Å². The summed E-state index contributed by atoms with van der Waals surface area (Å²) >= 11 is 0. The number of hydrogen-bond donors (Lipinski definition) is 2. The number of aromatic nitrogens is 2. The minimum Gasteiger partial charge on any atom is -0.473 e. The van der Waals surface area contributed by atoms with Gasteiger partial charge in [0.25, 0.3) is 0 Å². The molecule has 2 aliphatic heterocycles. The molecular weight excluding hydrogens is 432 g/mol. The van der Waals surface area contributed by atoms with Crippen molar-refractivity contribution in [1.82, 2.24) is 14.9 Å². The largest absolute Gasteiger partial charge is 0.473 e. The Morgan fingerprint density at radius 2 is 1.85 bits per heavy atom. The Balaban J connectivity index is 0.000000454. The molecule has 1 aromatic rings. The lowest BCUT2D eigenvalue weighted by Crippen LogP contribution is -2.61. The van der Waals surface area contributed by atoms with Crippen LogP contribution in [0.1, 0.15) is 26.2 Å². The van der Waals surface area contributed by atoms with Crippen LogP contribution in [0.15, 0.2) is 30.7 Å². The van der Waals surface area contributed by atoms with Gasteiger partial charge in [-0.1, -0.05) is 19.1 Å². The van der Waals surface area contributed by atoms with Crippen LogP contribution < -0.4 is 4.90 Å². The first-order chi connectivity index (χ1) is 15.7. The maximum atomic E-state index is 13.3. The van der Waals surface area contributed by atoms with Crippen LogP contribution >= 0.6 is 0 Å². The molecule has 11 nitrogen and oxygen atoms in total. The van der Waals surface area contributed by atoms with Crippen molar-refractivity contribution in [2.75, 3.05) is 50.9 Å². The number of aliphatic carboxylic acids is 2. The minimum atomic E-state index is -1.82. The molecule has 4 rings (SSSR count). The van der Waals surface area contributed by atoms with Crippen LogP contribution in [0, 0.1) is 5.41 Å². The molecule has 2 saturated heterocycles. The Morgan fingerprint density at radius 3 is 2.48 bits per heavy atom. The normalized spacial score (nSPS) is 27.3. The number of morpholine rings is 1. The standard InChI is InChI=1S/C20H28N4O3.C2H2O4/c1-19(5-3-2-4-6-19)18(25)24-10-12-27-20(15-24)14-23(9-11-26-16-20)17-13-21-7-8-22-17;3-1(4)2(5)6/h2-3,7-8,13H,4-6,9-12,14-16H2,1H3;(H,3,4)(H,5,6). The van der Waals surface area contributed by atoms with Crippen LogP contribution in [0.5, 0.6) is 0 Å². The Labute approximate surface area is 192 Å². The fourth-order valence-corrected chi connectivity index (χ4v) is 4.30. The number of carbonyl (C=O) groups is 3. The number of ether oxygens (including phenoxy) is 2. The Hall–Kier alpha value is -3.05. The average Bonchev–Trinajstić information content (AvgIpc) is 3.02.